The fourth-order valence-corrected chi connectivity index (χ4v) is 2.04. The third-order valence-corrected chi connectivity index (χ3v) is 3.90. The summed E-state index contributed by atoms with van der Waals surface area (Å²) in [4.78, 5) is 27.3. The fourth-order valence-electron chi connectivity index (χ4n) is 2.04. The number of unbranched alkanes of at least 4 members (excludes halogenated alkanes) is 1. The van der Waals surface area contributed by atoms with Crippen LogP contribution in [-0.4, -0.2) is 61.5 Å². The normalized spacial score (nSPS) is 14.4. The van der Waals surface area contributed by atoms with Gasteiger partial charge in [0.1, 0.15) is 0 Å². The maximum absolute atomic E-state index is 10.1. The highest BCUT2D eigenvalue weighted by atomic mass is 16.6. The highest BCUT2D eigenvalue weighted by Gasteiger charge is 2.13. The quantitative estimate of drug-likeness (QED) is 0.293. The van der Waals surface area contributed by atoms with E-state index in [0.717, 1.165) is 50.2 Å². The molecule has 2 saturated heterocycles. The predicted molar refractivity (Wildman–Crippen MR) is 121 cm³/mol. The zero-order chi connectivity index (χ0) is 23.4. The van der Waals surface area contributed by atoms with Gasteiger partial charge in [0.05, 0.1) is 37.3 Å². The molecule has 4 rings (SSSR count). The lowest BCUT2D eigenvalue weighted by Crippen LogP contribution is -1.86. The zero-order valence-corrected chi connectivity index (χ0v) is 18.3. The molecule has 0 aromatic heterocycles. The number of carbonyl (C=O) groups excluding carboxylic acids is 2. The summed E-state index contributed by atoms with van der Waals surface area (Å²) >= 11 is 0. The number of nitrogens with zero attached hydrogens (tertiary/aromatic N) is 2. The van der Waals surface area contributed by atoms with E-state index in [1.807, 2.05) is 24.3 Å². The Morgan fingerprint density at radius 3 is 1.41 bits per heavy atom. The molecular formula is C24H30N2O6. The Kier molecular flexibility index (Phi) is 15.0. The third-order valence-electron chi connectivity index (χ3n) is 3.90. The first-order chi connectivity index (χ1) is 15.6. The average molecular weight is 443 g/mol. The minimum atomic E-state index is 0.195. The van der Waals surface area contributed by atoms with Gasteiger partial charge < -0.3 is 19.7 Å². The first-order valence-electron chi connectivity index (χ1n) is 10.4. The molecule has 1 unspecified atom stereocenters. The van der Waals surface area contributed by atoms with Gasteiger partial charge in [-0.25, -0.2) is 9.59 Å². The van der Waals surface area contributed by atoms with Gasteiger partial charge in [0.25, 0.3) is 0 Å². The van der Waals surface area contributed by atoms with Gasteiger partial charge in [-0.3, -0.25) is 0 Å². The summed E-state index contributed by atoms with van der Waals surface area (Å²) in [6.45, 7) is 5.43. The van der Waals surface area contributed by atoms with Gasteiger partial charge >= 0.3 is 0 Å². The topological polar surface area (TPSA) is 124 Å². The lowest BCUT2D eigenvalue weighted by atomic mass is 10.0. The summed E-state index contributed by atoms with van der Waals surface area (Å²) in [5, 5.41) is 16.2. The third kappa shape index (κ3) is 15.8. The molecule has 172 valence electrons. The fraction of sp³-hybridized carbons (Fsp3) is 0.417. The van der Waals surface area contributed by atoms with E-state index in [2.05, 4.69) is 21.6 Å². The Morgan fingerprint density at radius 1 is 0.844 bits per heavy atom. The SMILES string of the molecule is C1CO1.CC1CO1.O=C=Nc1ccc(Cc2ccc(N=C=O)cc2)cc1.OCCCCO. The van der Waals surface area contributed by atoms with Crippen LogP contribution in [0.3, 0.4) is 0 Å². The highest BCUT2D eigenvalue weighted by molar-refractivity contribution is 5.51. The van der Waals surface area contributed by atoms with Crippen LogP contribution in [0.25, 0.3) is 0 Å². The molecule has 2 aromatic carbocycles. The molecule has 2 aromatic rings. The van der Waals surface area contributed by atoms with Crippen molar-refractivity contribution < 1.29 is 29.3 Å². The van der Waals surface area contributed by atoms with Gasteiger partial charge in [-0.1, -0.05) is 24.3 Å². The molecule has 32 heavy (non-hydrogen) atoms. The first kappa shape index (κ1) is 27.1. The Balaban J connectivity index is 0.000000316. The second-order valence-corrected chi connectivity index (χ2v) is 6.83. The summed E-state index contributed by atoms with van der Waals surface area (Å²) in [5.41, 5.74) is 3.40. The number of hydrogen-bond donors (Lipinski definition) is 2. The molecule has 2 aliphatic rings. The van der Waals surface area contributed by atoms with Crippen LogP contribution in [0.2, 0.25) is 0 Å². The van der Waals surface area contributed by atoms with Crippen molar-refractivity contribution in [3.05, 3.63) is 59.7 Å². The van der Waals surface area contributed by atoms with Crippen LogP contribution in [0.5, 0.6) is 0 Å². The number of benzene rings is 2. The molecular weight excluding hydrogens is 412 g/mol. The van der Waals surface area contributed by atoms with Gasteiger partial charge in [0, 0.05) is 13.2 Å². The standard InChI is InChI=1S/C15H10N2O2.C4H10O2.C3H6O.C2H4O/c18-10-16-14-5-1-12(2-6-14)9-13-3-7-15(8-4-13)17-11-19;5-3-1-2-4-6;1-3-2-4-3;1-2-3-1/h1-8H,9H2;5-6H,1-4H2;3H,2H2,1H3;1-2H2. The smallest absolute Gasteiger partial charge is 0.240 e. The van der Waals surface area contributed by atoms with Crippen LogP contribution in [-0.2, 0) is 25.5 Å². The summed E-state index contributed by atoms with van der Waals surface area (Å²) in [6.07, 6.45) is 5.79. The van der Waals surface area contributed by atoms with E-state index in [9.17, 15) is 9.59 Å². The van der Waals surface area contributed by atoms with Crippen LogP contribution in [0.1, 0.15) is 30.9 Å². The first-order valence-corrected chi connectivity index (χ1v) is 10.4. The Labute approximate surface area is 188 Å². The van der Waals surface area contributed by atoms with Crippen LogP contribution < -0.4 is 0 Å². The molecule has 8 heteroatoms. The van der Waals surface area contributed by atoms with E-state index in [-0.39, 0.29) is 13.2 Å². The van der Waals surface area contributed by atoms with Crippen LogP contribution in [0.4, 0.5) is 11.4 Å². The predicted octanol–water partition coefficient (Wildman–Crippen LogP) is 3.38. The zero-order valence-electron chi connectivity index (χ0n) is 18.3. The van der Waals surface area contributed by atoms with Crippen LogP contribution >= 0.6 is 0 Å². The monoisotopic (exact) mass is 442 g/mol. The van der Waals surface area contributed by atoms with Crippen molar-refractivity contribution in [2.24, 2.45) is 9.98 Å². The highest BCUT2D eigenvalue weighted by Crippen LogP contribution is 2.17. The molecule has 2 N–H and O–H groups in total. The second kappa shape index (κ2) is 17.7. The summed E-state index contributed by atoms with van der Waals surface area (Å²) in [7, 11) is 0. The maximum Gasteiger partial charge on any atom is 0.240 e. The van der Waals surface area contributed by atoms with Gasteiger partial charge in [0.2, 0.25) is 12.2 Å². The number of ether oxygens (including phenoxy) is 2. The molecule has 8 nitrogen and oxygen atoms in total. The second-order valence-electron chi connectivity index (χ2n) is 6.83. The molecule has 0 aliphatic carbocycles. The van der Waals surface area contributed by atoms with Gasteiger partial charge in [-0.15, -0.1) is 0 Å². The number of aliphatic imine (C=N–C) groups is 2. The number of aliphatic hydroxyl groups is 2. The Bertz CT molecular complexity index is 770. The number of isocyanates is 2. The van der Waals surface area contributed by atoms with Crippen molar-refractivity contribution in [1.82, 2.24) is 0 Å². The molecule has 0 bridgehead atoms. The summed E-state index contributed by atoms with van der Waals surface area (Å²) in [5.74, 6) is 0. The van der Waals surface area contributed by atoms with Crippen molar-refractivity contribution in [3.8, 4) is 0 Å². The van der Waals surface area contributed by atoms with Crippen LogP contribution in [0.15, 0.2) is 58.5 Å². The molecule has 2 aliphatic heterocycles. The maximum atomic E-state index is 10.1. The van der Waals surface area contributed by atoms with E-state index in [1.165, 1.54) is 12.2 Å². The van der Waals surface area contributed by atoms with Crippen molar-refractivity contribution in [1.29, 1.82) is 0 Å². The number of aliphatic hydroxyl groups excluding tert-OH is 2. The molecule has 0 radical (unpaired) electrons. The molecule has 2 heterocycles. The van der Waals surface area contributed by atoms with E-state index in [0.29, 0.717) is 17.5 Å². The Hall–Kier alpha value is -2.96. The van der Waals surface area contributed by atoms with Gasteiger partial charge in [-0.05, 0) is 61.6 Å². The molecule has 0 saturated carbocycles. The van der Waals surface area contributed by atoms with E-state index >= 15 is 0 Å². The van der Waals surface area contributed by atoms with E-state index < -0.39 is 0 Å². The lowest BCUT2D eigenvalue weighted by Gasteiger charge is -2.02. The number of epoxide rings is 2. The van der Waals surface area contributed by atoms with E-state index in [1.54, 1.807) is 24.3 Å². The minimum absolute atomic E-state index is 0.195. The van der Waals surface area contributed by atoms with E-state index in [4.69, 9.17) is 14.9 Å². The molecule has 2 fully saturated rings. The van der Waals surface area contributed by atoms with Crippen molar-refractivity contribution in [2.75, 3.05) is 33.0 Å². The van der Waals surface area contributed by atoms with Crippen molar-refractivity contribution in [2.45, 2.75) is 32.3 Å². The largest absolute Gasteiger partial charge is 0.396 e. The van der Waals surface area contributed by atoms with Crippen LogP contribution in [0, 0.1) is 0 Å². The summed E-state index contributed by atoms with van der Waals surface area (Å²) in [6, 6.07) is 14.7. The number of hydrogen-bond acceptors (Lipinski definition) is 8. The summed E-state index contributed by atoms with van der Waals surface area (Å²) < 4.78 is 9.21. The molecule has 1 atom stereocenters. The van der Waals surface area contributed by atoms with Gasteiger partial charge in [0.15, 0.2) is 0 Å². The van der Waals surface area contributed by atoms with Crippen molar-refractivity contribution >= 4 is 23.5 Å². The number of rotatable bonds is 7. The lowest BCUT2D eigenvalue weighted by molar-refractivity contribution is 0.242. The average Bonchev–Trinajstić information content (AvgIpc) is 3.72. The van der Waals surface area contributed by atoms with Crippen molar-refractivity contribution in [3.63, 3.8) is 0 Å². The molecule has 0 spiro atoms. The Morgan fingerprint density at radius 2 is 1.19 bits per heavy atom. The minimum Gasteiger partial charge on any atom is -0.396 e. The molecule has 0 amide bonds. The van der Waals surface area contributed by atoms with Gasteiger partial charge in [-0.2, -0.15) is 9.98 Å².